The first-order valence-electron chi connectivity index (χ1n) is 10.6. The summed E-state index contributed by atoms with van der Waals surface area (Å²) in [7, 11) is 0. The summed E-state index contributed by atoms with van der Waals surface area (Å²) in [6.45, 7) is -0.473. The lowest BCUT2D eigenvalue weighted by Gasteiger charge is -2.37. The number of carbonyl (C=O) groups is 2. The number of Topliss-reactive ketones (excluding diaryl/α,β-unsaturated/α-hetero) is 1. The van der Waals surface area contributed by atoms with E-state index in [0.29, 0.717) is 17.9 Å². The van der Waals surface area contributed by atoms with Crippen LogP contribution in [-0.2, 0) is 11.2 Å². The van der Waals surface area contributed by atoms with E-state index in [2.05, 4.69) is 9.97 Å². The van der Waals surface area contributed by atoms with E-state index >= 15 is 4.39 Å². The number of hydrogen-bond donors (Lipinski definition) is 3. The minimum Gasteiger partial charge on any atom is -0.478 e. The van der Waals surface area contributed by atoms with Gasteiger partial charge < -0.3 is 21.5 Å². The molecule has 0 spiro atoms. The smallest absolute Gasteiger partial charge is 0.351 e. The number of rotatable bonds is 5. The molecule has 0 amide bonds. The van der Waals surface area contributed by atoms with Crippen molar-refractivity contribution in [1.29, 1.82) is 0 Å². The third kappa shape index (κ3) is 3.65. The minimum absolute atomic E-state index is 0.0430. The molecule has 1 atom stereocenters. The lowest BCUT2D eigenvalue weighted by Crippen LogP contribution is -2.56. The second-order valence-corrected chi connectivity index (χ2v) is 8.54. The summed E-state index contributed by atoms with van der Waals surface area (Å²) >= 11 is 0. The Bertz CT molecular complexity index is 1290. The number of carbonyl (C=O) groups excluding carboxylic acids is 1. The van der Waals surface area contributed by atoms with Gasteiger partial charge in [0.25, 0.3) is 5.67 Å². The predicted octanol–water partition coefficient (Wildman–Crippen LogP) is 2.86. The van der Waals surface area contributed by atoms with Crippen LogP contribution in [0.15, 0.2) is 48.7 Å². The van der Waals surface area contributed by atoms with E-state index in [1.54, 1.807) is 17.2 Å². The van der Waals surface area contributed by atoms with Crippen LogP contribution in [0.25, 0.3) is 11.1 Å². The molecule has 1 saturated carbocycles. The number of benzene rings is 2. The fraction of sp³-hybridized carbons (Fsp3) is 0.250. The molecule has 1 fully saturated rings. The van der Waals surface area contributed by atoms with Gasteiger partial charge in [-0.25, -0.2) is 14.2 Å². The molecule has 0 radical (unpaired) electrons. The Balaban J connectivity index is 1.51. The monoisotopic (exact) mass is 447 g/mol. The summed E-state index contributed by atoms with van der Waals surface area (Å²) in [5.41, 5.74) is 12.8. The quantitative estimate of drug-likeness (QED) is 0.508. The van der Waals surface area contributed by atoms with Gasteiger partial charge in [0, 0.05) is 35.5 Å². The lowest BCUT2D eigenvalue weighted by atomic mass is 9.86. The maximum absolute atomic E-state index is 15.1. The molecule has 3 aromatic rings. The number of carboxylic acids is 1. The number of alkyl halides is 1. The molecule has 9 heteroatoms. The SMILES string of the molecule is Nc1ncc(Cc2cccc(-c3ccc4c(c3)N(C3CC3)CC(F)(C(=O)O)C4=O)c2)c(N)n1. The highest BCUT2D eigenvalue weighted by Gasteiger charge is 2.54. The third-order valence-electron chi connectivity index (χ3n) is 6.20. The fourth-order valence-electron chi connectivity index (χ4n) is 4.27. The number of nitrogens with zero attached hydrogens (tertiary/aromatic N) is 3. The van der Waals surface area contributed by atoms with Crippen molar-refractivity contribution in [1.82, 2.24) is 9.97 Å². The van der Waals surface area contributed by atoms with Gasteiger partial charge in [0.05, 0.1) is 6.54 Å². The first kappa shape index (κ1) is 20.9. The van der Waals surface area contributed by atoms with Crippen molar-refractivity contribution in [3.8, 4) is 11.1 Å². The molecule has 0 saturated heterocycles. The standard InChI is InChI=1S/C24H22FN5O3/c25-24(22(32)33)12-30(17-5-6-17)19-10-15(4-7-18(19)20(24)31)14-3-1-2-13(8-14)9-16-11-28-23(27)29-21(16)26/h1-4,7-8,10-11,17H,5-6,9,12H2,(H,32,33)(H4,26,27,28,29). The zero-order valence-electron chi connectivity index (χ0n) is 17.7. The molecule has 8 nitrogen and oxygen atoms in total. The minimum atomic E-state index is -2.93. The van der Waals surface area contributed by atoms with Crippen LogP contribution >= 0.6 is 0 Å². The third-order valence-corrected chi connectivity index (χ3v) is 6.20. The molecule has 1 aromatic heterocycles. The second kappa shape index (κ2) is 7.54. The van der Waals surface area contributed by atoms with Crippen molar-refractivity contribution in [3.63, 3.8) is 0 Å². The number of carboxylic acid groups (broad SMARTS) is 1. The summed E-state index contributed by atoms with van der Waals surface area (Å²) in [5, 5.41) is 9.39. The van der Waals surface area contributed by atoms with E-state index in [1.807, 2.05) is 30.3 Å². The second-order valence-electron chi connectivity index (χ2n) is 8.54. The molecule has 5 rings (SSSR count). The van der Waals surface area contributed by atoms with Crippen molar-refractivity contribution >= 4 is 29.2 Å². The normalized spacial score (nSPS) is 19.9. The zero-order chi connectivity index (χ0) is 23.3. The van der Waals surface area contributed by atoms with Crippen LogP contribution in [-0.4, -0.2) is 45.1 Å². The number of halogens is 1. The van der Waals surface area contributed by atoms with Gasteiger partial charge in [-0.05, 0) is 41.7 Å². The topological polar surface area (TPSA) is 135 Å². The molecule has 2 aliphatic rings. The summed E-state index contributed by atoms with van der Waals surface area (Å²) in [6, 6.07) is 12.9. The number of fused-ring (bicyclic) bond motifs is 1. The molecular weight excluding hydrogens is 425 g/mol. The van der Waals surface area contributed by atoms with Gasteiger partial charge in [-0.3, -0.25) is 4.79 Å². The Hall–Kier alpha value is -4.01. The first-order valence-corrected chi connectivity index (χ1v) is 10.6. The predicted molar refractivity (Wildman–Crippen MR) is 122 cm³/mol. The molecule has 1 unspecified atom stereocenters. The first-order chi connectivity index (χ1) is 15.8. The van der Waals surface area contributed by atoms with Crippen LogP contribution in [0, 0.1) is 0 Å². The molecule has 33 heavy (non-hydrogen) atoms. The Morgan fingerprint density at radius 1 is 1.18 bits per heavy atom. The maximum atomic E-state index is 15.1. The highest BCUT2D eigenvalue weighted by Crippen LogP contribution is 2.42. The van der Waals surface area contributed by atoms with Crippen molar-refractivity contribution in [2.24, 2.45) is 0 Å². The van der Waals surface area contributed by atoms with Gasteiger partial charge in [-0.1, -0.05) is 30.3 Å². The number of nitrogens with two attached hydrogens (primary N) is 2. The van der Waals surface area contributed by atoms with E-state index in [1.165, 1.54) is 6.07 Å². The van der Waals surface area contributed by atoms with Crippen LogP contribution in [0.4, 0.5) is 21.8 Å². The van der Waals surface area contributed by atoms with Crippen molar-refractivity contribution in [2.75, 3.05) is 22.9 Å². The van der Waals surface area contributed by atoms with Crippen molar-refractivity contribution in [3.05, 3.63) is 65.4 Å². The Morgan fingerprint density at radius 2 is 1.94 bits per heavy atom. The van der Waals surface area contributed by atoms with E-state index in [9.17, 15) is 14.7 Å². The largest absolute Gasteiger partial charge is 0.478 e. The highest BCUT2D eigenvalue weighted by atomic mass is 19.1. The van der Waals surface area contributed by atoms with Gasteiger partial charge in [0.2, 0.25) is 11.7 Å². The zero-order valence-corrected chi connectivity index (χ0v) is 17.7. The van der Waals surface area contributed by atoms with Gasteiger partial charge in [-0.15, -0.1) is 0 Å². The molecule has 168 valence electrons. The molecular formula is C24H22FN5O3. The van der Waals surface area contributed by atoms with Crippen LogP contribution in [0.5, 0.6) is 0 Å². The van der Waals surface area contributed by atoms with Crippen molar-refractivity contribution in [2.45, 2.75) is 31.0 Å². The Kier molecular flexibility index (Phi) is 4.77. The number of anilines is 3. The van der Waals surface area contributed by atoms with E-state index in [-0.39, 0.29) is 17.6 Å². The van der Waals surface area contributed by atoms with E-state index in [0.717, 1.165) is 35.1 Å². The lowest BCUT2D eigenvalue weighted by molar-refractivity contribution is -0.147. The number of aromatic nitrogens is 2. The van der Waals surface area contributed by atoms with Gasteiger partial charge >= 0.3 is 5.97 Å². The molecule has 5 N–H and O–H groups in total. The van der Waals surface area contributed by atoms with Gasteiger partial charge in [0.15, 0.2) is 0 Å². The Labute approximate surface area is 189 Å². The number of ketones is 1. The summed E-state index contributed by atoms with van der Waals surface area (Å²) in [5.74, 6) is -2.30. The molecule has 1 aliphatic carbocycles. The highest BCUT2D eigenvalue weighted by molar-refractivity contribution is 6.19. The van der Waals surface area contributed by atoms with Crippen LogP contribution in [0.1, 0.15) is 34.3 Å². The average Bonchev–Trinajstić information content (AvgIpc) is 3.63. The summed E-state index contributed by atoms with van der Waals surface area (Å²) in [6.07, 6.45) is 3.80. The van der Waals surface area contributed by atoms with Crippen LogP contribution in [0.3, 0.4) is 0 Å². The van der Waals surface area contributed by atoms with E-state index < -0.39 is 24.0 Å². The number of nitrogen functional groups attached to an aromatic ring is 2. The van der Waals surface area contributed by atoms with Crippen molar-refractivity contribution < 1.29 is 19.1 Å². The molecule has 2 heterocycles. The van der Waals surface area contributed by atoms with E-state index in [4.69, 9.17) is 11.5 Å². The molecule has 2 aromatic carbocycles. The average molecular weight is 447 g/mol. The fourth-order valence-corrected chi connectivity index (χ4v) is 4.27. The number of aliphatic carboxylic acids is 1. The van der Waals surface area contributed by atoms with Gasteiger partial charge in [0.1, 0.15) is 5.82 Å². The number of hydrogen-bond acceptors (Lipinski definition) is 7. The summed E-state index contributed by atoms with van der Waals surface area (Å²) < 4.78 is 15.1. The molecule has 0 bridgehead atoms. The summed E-state index contributed by atoms with van der Waals surface area (Å²) in [4.78, 5) is 34.0. The van der Waals surface area contributed by atoms with Crippen LogP contribution in [0.2, 0.25) is 0 Å². The van der Waals surface area contributed by atoms with Crippen LogP contribution < -0.4 is 16.4 Å². The maximum Gasteiger partial charge on any atom is 0.351 e. The van der Waals surface area contributed by atoms with Gasteiger partial charge in [-0.2, -0.15) is 4.98 Å². The Morgan fingerprint density at radius 3 is 2.64 bits per heavy atom. The molecule has 1 aliphatic heterocycles.